The fourth-order valence-corrected chi connectivity index (χ4v) is 1.70. The van der Waals surface area contributed by atoms with E-state index in [0.717, 1.165) is 0 Å². The van der Waals surface area contributed by atoms with Crippen molar-refractivity contribution in [1.29, 1.82) is 0 Å². The maximum absolute atomic E-state index is 13.6. The van der Waals surface area contributed by atoms with E-state index in [4.69, 9.17) is 0 Å². The third kappa shape index (κ3) is 4.36. The van der Waals surface area contributed by atoms with Crippen molar-refractivity contribution in [3.05, 3.63) is 33.6 Å². The molecule has 0 aliphatic rings. The van der Waals surface area contributed by atoms with E-state index in [1.54, 1.807) is 0 Å². The van der Waals surface area contributed by atoms with Gasteiger partial charge in [0.15, 0.2) is 5.75 Å². The summed E-state index contributed by atoms with van der Waals surface area (Å²) in [6, 6.07) is 1.16. The first kappa shape index (κ1) is 16.8. The largest absolute Gasteiger partial charge is 0.502 e. The average molecular weight is 302 g/mol. The molecule has 0 spiro atoms. The summed E-state index contributed by atoms with van der Waals surface area (Å²) in [6.45, 7) is 1.32. The molecule has 0 aromatic heterocycles. The van der Waals surface area contributed by atoms with Gasteiger partial charge in [0.05, 0.1) is 11.0 Å². The molecule has 0 bridgehead atoms. The molecular weight excluding hydrogens is 287 g/mol. The van der Waals surface area contributed by atoms with Crippen molar-refractivity contribution in [1.82, 2.24) is 5.32 Å². The Morgan fingerprint density at radius 2 is 2.10 bits per heavy atom. The zero-order valence-corrected chi connectivity index (χ0v) is 11.1. The second-order valence-electron chi connectivity index (χ2n) is 4.40. The summed E-state index contributed by atoms with van der Waals surface area (Å²) < 4.78 is 13.6. The van der Waals surface area contributed by atoms with Gasteiger partial charge in [-0.2, -0.15) is 0 Å². The molecule has 21 heavy (non-hydrogen) atoms. The highest BCUT2D eigenvalue weighted by molar-refractivity contribution is 5.72. The maximum atomic E-state index is 13.6. The number of carbonyl (C=O) groups is 1. The van der Waals surface area contributed by atoms with Crippen LogP contribution in [0.5, 0.6) is 5.75 Å². The summed E-state index contributed by atoms with van der Waals surface area (Å²) in [4.78, 5) is 20.4. The van der Waals surface area contributed by atoms with Crippen LogP contribution < -0.4 is 5.32 Å². The summed E-state index contributed by atoms with van der Waals surface area (Å²) in [5.41, 5.74) is -1.28. The first-order valence-electron chi connectivity index (χ1n) is 6.01. The van der Waals surface area contributed by atoms with E-state index in [-0.39, 0.29) is 18.9 Å². The van der Waals surface area contributed by atoms with Crippen molar-refractivity contribution in [3.63, 3.8) is 0 Å². The van der Waals surface area contributed by atoms with E-state index in [1.165, 1.54) is 6.92 Å². The minimum absolute atomic E-state index is 0.0509. The molecule has 0 aliphatic carbocycles. The van der Waals surface area contributed by atoms with Gasteiger partial charge in [0.25, 0.3) is 0 Å². The zero-order valence-electron chi connectivity index (χ0n) is 11.1. The van der Waals surface area contributed by atoms with Gasteiger partial charge in [0, 0.05) is 31.2 Å². The van der Waals surface area contributed by atoms with Gasteiger partial charge in [-0.15, -0.1) is 0 Å². The van der Waals surface area contributed by atoms with E-state index >= 15 is 0 Å². The molecule has 0 aliphatic heterocycles. The average Bonchev–Trinajstić information content (AvgIpc) is 2.37. The smallest absolute Gasteiger partial charge is 0.311 e. The Morgan fingerprint density at radius 1 is 1.48 bits per heavy atom. The molecule has 2 unspecified atom stereocenters. The lowest BCUT2D eigenvalue weighted by atomic mass is 10.0. The van der Waals surface area contributed by atoms with Crippen molar-refractivity contribution >= 4 is 11.6 Å². The van der Waals surface area contributed by atoms with Gasteiger partial charge in [0.1, 0.15) is 11.9 Å². The summed E-state index contributed by atoms with van der Waals surface area (Å²) >= 11 is 0. The van der Waals surface area contributed by atoms with E-state index < -0.39 is 39.9 Å². The summed E-state index contributed by atoms with van der Waals surface area (Å²) in [5.74, 6) is -2.28. The second kappa shape index (κ2) is 6.95. The van der Waals surface area contributed by atoms with Crippen molar-refractivity contribution < 1.29 is 29.4 Å². The fourth-order valence-electron chi connectivity index (χ4n) is 1.70. The number of hydrogen-bond acceptors (Lipinski definition) is 6. The van der Waals surface area contributed by atoms with Gasteiger partial charge in [-0.25, -0.2) is 4.39 Å². The highest BCUT2D eigenvalue weighted by atomic mass is 19.1. The normalized spacial score (nSPS) is 13.5. The number of rotatable bonds is 6. The molecule has 0 fully saturated rings. The third-order valence-corrected chi connectivity index (χ3v) is 2.79. The van der Waals surface area contributed by atoms with Crippen LogP contribution in [0.2, 0.25) is 0 Å². The Balaban J connectivity index is 2.90. The minimum atomic E-state index is -1.72. The van der Waals surface area contributed by atoms with Crippen LogP contribution in [0.3, 0.4) is 0 Å². The SMILES string of the molecule is CC(=O)NCCC(O)C(O)c1cc([N+](=O)[O-])c(O)cc1F. The standard InChI is InChI=1S/C12H15FN2O6/c1-6(16)14-3-2-10(17)12(19)7-4-9(15(20)21)11(18)5-8(7)13/h4-5,10,12,17-19H,2-3H2,1H3,(H,14,16). The minimum Gasteiger partial charge on any atom is -0.502 e. The van der Waals surface area contributed by atoms with Gasteiger partial charge in [-0.1, -0.05) is 0 Å². The lowest BCUT2D eigenvalue weighted by molar-refractivity contribution is -0.386. The number of aliphatic hydroxyl groups is 2. The number of benzene rings is 1. The number of carbonyl (C=O) groups excluding carboxylic acids is 1. The van der Waals surface area contributed by atoms with Gasteiger partial charge in [0.2, 0.25) is 5.91 Å². The third-order valence-electron chi connectivity index (χ3n) is 2.79. The first-order valence-corrected chi connectivity index (χ1v) is 6.01. The van der Waals surface area contributed by atoms with Gasteiger partial charge in [-0.05, 0) is 6.42 Å². The number of aliphatic hydroxyl groups excluding tert-OH is 2. The van der Waals surface area contributed by atoms with Crippen molar-refractivity contribution in [2.45, 2.75) is 25.6 Å². The van der Waals surface area contributed by atoms with E-state index in [1.807, 2.05) is 0 Å². The highest BCUT2D eigenvalue weighted by Crippen LogP contribution is 2.32. The van der Waals surface area contributed by atoms with Crippen LogP contribution in [0.1, 0.15) is 25.0 Å². The highest BCUT2D eigenvalue weighted by Gasteiger charge is 2.26. The quantitative estimate of drug-likeness (QED) is 0.443. The van der Waals surface area contributed by atoms with Crippen LogP contribution in [0.4, 0.5) is 10.1 Å². The van der Waals surface area contributed by atoms with Gasteiger partial charge in [-0.3, -0.25) is 14.9 Å². The van der Waals surface area contributed by atoms with E-state index in [2.05, 4.69) is 5.32 Å². The Morgan fingerprint density at radius 3 is 2.62 bits per heavy atom. The second-order valence-corrected chi connectivity index (χ2v) is 4.40. The Bertz CT molecular complexity index is 551. The molecule has 0 saturated carbocycles. The number of hydrogen-bond donors (Lipinski definition) is 4. The number of nitrogens with one attached hydrogen (secondary N) is 1. The van der Waals surface area contributed by atoms with Crippen LogP contribution in [-0.2, 0) is 4.79 Å². The number of phenols is 1. The lowest BCUT2D eigenvalue weighted by Crippen LogP contribution is -2.28. The molecule has 9 heteroatoms. The van der Waals surface area contributed by atoms with Crippen molar-refractivity contribution in [2.24, 2.45) is 0 Å². The van der Waals surface area contributed by atoms with E-state index in [0.29, 0.717) is 12.1 Å². The van der Waals surface area contributed by atoms with Crippen molar-refractivity contribution in [3.8, 4) is 5.75 Å². The maximum Gasteiger partial charge on any atom is 0.311 e. The zero-order chi connectivity index (χ0) is 16.2. The molecule has 4 N–H and O–H groups in total. The molecule has 1 aromatic rings. The van der Waals surface area contributed by atoms with Crippen LogP contribution in [-0.4, -0.2) is 38.8 Å². The Kier molecular flexibility index (Phi) is 5.56. The number of amides is 1. The van der Waals surface area contributed by atoms with E-state index in [9.17, 15) is 34.6 Å². The van der Waals surface area contributed by atoms with Gasteiger partial charge >= 0.3 is 5.69 Å². The number of halogens is 1. The molecule has 1 amide bonds. The number of phenolic OH excluding ortho intramolecular Hbond substituents is 1. The van der Waals surface area contributed by atoms with Crippen molar-refractivity contribution in [2.75, 3.05) is 6.54 Å². The molecule has 1 aromatic carbocycles. The Hall–Kier alpha value is -2.26. The predicted octanol–water partition coefficient (Wildman–Crippen LogP) is 0.360. The summed E-state index contributed by atoms with van der Waals surface area (Å²) in [6.07, 6.45) is -3.23. The molecular formula is C12H15FN2O6. The molecule has 116 valence electrons. The first-order chi connectivity index (χ1) is 9.73. The van der Waals surface area contributed by atoms with Crippen LogP contribution in [0, 0.1) is 15.9 Å². The monoisotopic (exact) mass is 302 g/mol. The molecule has 8 nitrogen and oxygen atoms in total. The fraction of sp³-hybridized carbons (Fsp3) is 0.417. The summed E-state index contributed by atoms with van der Waals surface area (Å²) in [5, 5.41) is 41.8. The number of aromatic hydroxyl groups is 1. The summed E-state index contributed by atoms with van der Waals surface area (Å²) in [7, 11) is 0. The molecule has 0 heterocycles. The molecule has 0 saturated heterocycles. The number of nitro groups is 1. The van der Waals surface area contributed by atoms with Crippen LogP contribution in [0.25, 0.3) is 0 Å². The van der Waals surface area contributed by atoms with Crippen LogP contribution in [0.15, 0.2) is 12.1 Å². The van der Waals surface area contributed by atoms with Crippen LogP contribution >= 0.6 is 0 Å². The molecule has 1 rings (SSSR count). The van der Waals surface area contributed by atoms with Gasteiger partial charge < -0.3 is 20.6 Å². The lowest BCUT2D eigenvalue weighted by Gasteiger charge is -2.18. The molecule has 0 radical (unpaired) electrons. The Labute approximate surface area is 119 Å². The number of nitrogens with zero attached hydrogens (tertiary/aromatic N) is 1. The molecule has 2 atom stereocenters. The predicted molar refractivity (Wildman–Crippen MR) is 69.0 cm³/mol. The topological polar surface area (TPSA) is 133 Å². The number of nitro benzene ring substituents is 1.